The van der Waals surface area contributed by atoms with Crippen molar-refractivity contribution < 1.29 is 76.0 Å². The molecule has 12 heteroatoms. The summed E-state index contributed by atoms with van der Waals surface area (Å²) < 4.78 is 43.7. The molecular weight excluding hydrogens is 324 g/mol. The van der Waals surface area contributed by atoms with Crippen molar-refractivity contribution in [2.75, 3.05) is 5.73 Å². The van der Waals surface area contributed by atoms with Gasteiger partial charge in [0.15, 0.2) is 0 Å². The van der Waals surface area contributed by atoms with Crippen molar-refractivity contribution in [3.05, 3.63) is 27.4 Å². The first kappa shape index (κ1) is 21.4. The number of hydrogen-bond donors (Lipinski definition) is 1. The molecule has 0 unspecified atom stereocenters. The van der Waals surface area contributed by atoms with Crippen molar-refractivity contribution in [3.63, 3.8) is 0 Å². The summed E-state index contributed by atoms with van der Waals surface area (Å²) in [7, 11) is -8.83. The normalized spacial score (nSPS) is 11.3. The molecular formula is C6H6ClN3Na2O4S2. The van der Waals surface area contributed by atoms with E-state index in [0.29, 0.717) is 6.07 Å². The zero-order valence-corrected chi connectivity index (χ0v) is 15.9. The van der Waals surface area contributed by atoms with Crippen molar-refractivity contribution in [1.29, 1.82) is 0 Å². The molecule has 0 spiro atoms. The van der Waals surface area contributed by atoms with Crippen LogP contribution in [0.1, 0.15) is 0 Å². The Labute approximate surface area is 154 Å². The topological polar surface area (TPSA) is 142 Å². The summed E-state index contributed by atoms with van der Waals surface area (Å²) in [5.74, 6) is 0. The Kier molecular flexibility index (Phi) is 8.60. The summed E-state index contributed by atoms with van der Waals surface area (Å²) in [6.45, 7) is 0. The van der Waals surface area contributed by atoms with Crippen LogP contribution in [0.5, 0.6) is 0 Å². The molecule has 0 atom stereocenters. The van der Waals surface area contributed by atoms with Crippen LogP contribution < -0.4 is 64.8 Å². The number of halogens is 1. The van der Waals surface area contributed by atoms with Crippen LogP contribution in [-0.2, 0) is 20.0 Å². The maximum Gasteiger partial charge on any atom is 1.00 e. The Balaban J connectivity index is 0. The molecule has 7 nitrogen and oxygen atoms in total. The van der Waals surface area contributed by atoms with Crippen molar-refractivity contribution in [3.8, 4) is 0 Å². The number of rotatable bonds is 2. The largest absolute Gasteiger partial charge is 1.00 e. The molecule has 1 rings (SSSR count). The molecule has 0 aliphatic rings. The van der Waals surface area contributed by atoms with Crippen LogP contribution in [0.2, 0.25) is 5.02 Å². The monoisotopic (exact) mass is 329 g/mol. The Morgan fingerprint density at radius 3 is 1.67 bits per heavy atom. The first-order valence-electron chi connectivity index (χ1n) is 3.62. The van der Waals surface area contributed by atoms with Crippen LogP contribution in [0.25, 0.3) is 10.3 Å². The molecule has 0 bridgehead atoms. The van der Waals surface area contributed by atoms with Crippen LogP contribution in [0.3, 0.4) is 0 Å². The second kappa shape index (κ2) is 7.23. The molecule has 1 aromatic rings. The van der Waals surface area contributed by atoms with Gasteiger partial charge < -0.3 is 16.0 Å². The zero-order chi connectivity index (χ0) is 12.7. The third-order valence-electron chi connectivity index (χ3n) is 1.64. The summed E-state index contributed by atoms with van der Waals surface area (Å²) >= 11 is 5.50. The van der Waals surface area contributed by atoms with Gasteiger partial charge in [-0.2, -0.15) is 0 Å². The van der Waals surface area contributed by atoms with Gasteiger partial charge in [-0.05, 0) is 12.1 Å². The van der Waals surface area contributed by atoms with E-state index in [-0.39, 0.29) is 69.8 Å². The van der Waals surface area contributed by atoms with Crippen molar-refractivity contribution in [1.82, 2.24) is 0 Å². The number of hydrogen-bond acceptors (Lipinski definition) is 5. The summed E-state index contributed by atoms with van der Waals surface area (Å²) in [5, 5.41) is 13.2. The quantitative estimate of drug-likeness (QED) is 0.429. The third kappa shape index (κ3) is 5.25. The van der Waals surface area contributed by atoms with Gasteiger partial charge in [0.05, 0.1) is 20.5 Å². The summed E-state index contributed by atoms with van der Waals surface area (Å²) in [6, 6.07) is 1.48. The molecule has 0 saturated heterocycles. The molecule has 18 heavy (non-hydrogen) atoms. The second-order valence-corrected chi connectivity index (χ2v) is 6.13. The van der Waals surface area contributed by atoms with E-state index in [1.165, 1.54) is 0 Å². The number of nitrogen functional groups attached to an aromatic ring is 1. The Morgan fingerprint density at radius 2 is 1.33 bits per heavy atom. The SMILES string of the molecule is [NH-]S(=O)(=O)c1cc(S([NH-])(=O)=O)c(Cl)cc1N.[Na+].[Na+]. The van der Waals surface area contributed by atoms with E-state index in [0.717, 1.165) is 6.07 Å². The molecule has 0 amide bonds. The molecule has 90 valence electrons. The van der Waals surface area contributed by atoms with Gasteiger partial charge in [0, 0.05) is 0 Å². The van der Waals surface area contributed by atoms with E-state index in [1.54, 1.807) is 0 Å². The fourth-order valence-corrected chi connectivity index (χ4v) is 2.77. The molecule has 4 N–H and O–H groups in total. The summed E-state index contributed by atoms with van der Waals surface area (Å²) in [4.78, 5) is -1.39. The minimum Gasteiger partial charge on any atom is -0.560 e. The van der Waals surface area contributed by atoms with Gasteiger partial charge in [0.1, 0.15) is 20.0 Å². The predicted octanol–water partition coefficient (Wildman–Crippen LogP) is -4.59. The van der Waals surface area contributed by atoms with Crippen molar-refractivity contribution >= 4 is 37.3 Å². The number of anilines is 1. The number of nitrogens with one attached hydrogen (secondary N) is 2. The van der Waals surface area contributed by atoms with Gasteiger partial charge in [0.25, 0.3) is 0 Å². The number of sulfonamides is 2. The maximum absolute atomic E-state index is 10.9. The molecule has 0 aliphatic heterocycles. The minimum absolute atomic E-state index is 0. The molecule has 1 aromatic carbocycles. The average molecular weight is 330 g/mol. The fourth-order valence-electron chi connectivity index (χ4n) is 0.989. The first-order chi connectivity index (χ1) is 7.03. The average Bonchev–Trinajstić information content (AvgIpc) is 1.97. The van der Waals surface area contributed by atoms with Crippen LogP contribution >= 0.6 is 11.6 Å². The Hall–Kier alpha value is 1.13. The molecule has 0 heterocycles. The second-order valence-electron chi connectivity index (χ2n) is 2.83. The molecule has 0 aromatic heterocycles. The molecule has 0 fully saturated rings. The van der Waals surface area contributed by atoms with Crippen LogP contribution in [0, 0.1) is 0 Å². The number of benzene rings is 1. The molecule has 0 radical (unpaired) electrons. The maximum atomic E-state index is 10.9. The van der Waals surface area contributed by atoms with Crippen LogP contribution in [-0.4, -0.2) is 16.8 Å². The van der Waals surface area contributed by atoms with Gasteiger partial charge in [-0.1, -0.05) is 11.6 Å². The van der Waals surface area contributed by atoms with E-state index >= 15 is 0 Å². The van der Waals surface area contributed by atoms with Crippen molar-refractivity contribution in [2.45, 2.75) is 9.79 Å². The number of nitrogens with two attached hydrogens (primary N) is 1. The van der Waals surface area contributed by atoms with E-state index < -0.39 is 29.8 Å². The zero-order valence-electron chi connectivity index (χ0n) is 9.56. The van der Waals surface area contributed by atoms with Gasteiger partial charge in [-0.3, -0.25) is 0 Å². The Bertz CT molecular complexity index is 594. The van der Waals surface area contributed by atoms with Gasteiger partial charge in [-0.15, -0.1) is 0 Å². The first-order valence-corrected chi connectivity index (χ1v) is 6.96. The van der Waals surface area contributed by atoms with Gasteiger partial charge in [-0.25, -0.2) is 16.8 Å². The molecule has 0 aliphatic carbocycles. The van der Waals surface area contributed by atoms with Crippen molar-refractivity contribution in [2.24, 2.45) is 0 Å². The predicted molar refractivity (Wildman–Crippen MR) is 58.9 cm³/mol. The smallest absolute Gasteiger partial charge is 0.560 e. The van der Waals surface area contributed by atoms with Gasteiger partial charge in [0.2, 0.25) is 0 Å². The van der Waals surface area contributed by atoms with E-state index in [4.69, 9.17) is 27.6 Å². The third-order valence-corrected chi connectivity index (χ3v) is 3.92. The fraction of sp³-hybridized carbons (Fsp3) is 0. The standard InChI is InChI=1S/C6H6ClN3O4S2.2Na/c7-3-1-4(8)6(16(10,13)14)2-5(3)15(9,11)12;;/h1-2H,8H2,(H2-2,9,10,11,12,13,14);;/q-2;2*+1. The Morgan fingerprint density at radius 1 is 0.944 bits per heavy atom. The van der Waals surface area contributed by atoms with Crippen LogP contribution in [0.15, 0.2) is 21.9 Å². The van der Waals surface area contributed by atoms with E-state index in [1.807, 2.05) is 0 Å². The van der Waals surface area contributed by atoms with Crippen LogP contribution in [0.4, 0.5) is 5.69 Å². The summed E-state index contributed by atoms with van der Waals surface area (Å²) in [6.07, 6.45) is 0. The minimum atomic E-state index is -4.42. The van der Waals surface area contributed by atoms with Gasteiger partial charge >= 0.3 is 59.1 Å². The molecule has 0 saturated carbocycles. The van der Waals surface area contributed by atoms with E-state index in [9.17, 15) is 16.8 Å². The van der Waals surface area contributed by atoms with E-state index in [2.05, 4.69) is 0 Å². The summed E-state index contributed by atoms with van der Waals surface area (Å²) in [5.41, 5.74) is 4.94.